The van der Waals surface area contributed by atoms with Crippen molar-refractivity contribution in [3.8, 4) is 0 Å². The number of benzene rings is 3. The fraction of sp³-hybridized carbons (Fsp3) is 0.341. The van der Waals surface area contributed by atoms with E-state index in [1.807, 2.05) is 43.3 Å². The number of aromatic amines is 1. The maximum Gasteiger partial charge on any atom is 0.407 e. The molecule has 0 spiro atoms. The van der Waals surface area contributed by atoms with Gasteiger partial charge in [-0.05, 0) is 55.0 Å². The zero-order valence-corrected chi connectivity index (χ0v) is 32.6. The number of nitrogens with one attached hydrogen (secondary N) is 6. The topological polar surface area (TPSA) is 254 Å². The molecule has 0 radical (unpaired) electrons. The number of rotatable bonds is 20. The smallest absolute Gasteiger partial charge is 0.407 e. The van der Waals surface area contributed by atoms with Crippen molar-refractivity contribution in [3.63, 3.8) is 0 Å². The Kier molecular flexibility index (Phi) is 16.2. The number of alkyl carbamates (subject to hydrolysis) is 1. The summed E-state index contributed by atoms with van der Waals surface area (Å²) in [6.45, 7) is 2.06. The van der Waals surface area contributed by atoms with Crippen LogP contribution in [0.1, 0.15) is 42.4 Å². The molecular weight excluding hydrogens is 748 g/mol. The number of nitrogens with zero attached hydrogens (tertiary/aromatic N) is 1. The third kappa shape index (κ3) is 12.8. The predicted molar refractivity (Wildman–Crippen MR) is 215 cm³/mol. The lowest BCUT2D eigenvalue weighted by Gasteiger charge is -2.31. The van der Waals surface area contributed by atoms with Crippen molar-refractivity contribution >= 4 is 58.3 Å². The van der Waals surface area contributed by atoms with Crippen LogP contribution >= 0.6 is 0 Å². The highest BCUT2D eigenvalue weighted by atomic mass is 16.5. The van der Waals surface area contributed by atoms with E-state index >= 15 is 0 Å². The number of aromatic nitrogens is 1. The molecule has 9 N–H and O–H groups in total. The monoisotopic (exact) mass is 798 g/mol. The standard InChI is InChI=1S/C41H50N8O9/c1-25-13-7-9-17-29(25)47-40(56)43-20-12-11-19-31(45-37(53)33(48-41(57)58-3)22-27-24-44-30-18-10-8-16-28(27)30)39(55)49(2)34(23-35(50)51)38(54)46-32(36(42)52)21-26-14-5-4-6-15-26/h4-10,13-18,24,31-34,44H,11-12,19-23H2,1-3H3,(H2,42,52)(H,45,53)(H,46,54)(H,48,57)(H,50,51)(H2,43,47,56)/t31-,32-,33-,34-/m0/s1. The van der Waals surface area contributed by atoms with E-state index in [-0.39, 0.29) is 32.2 Å². The van der Waals surface area contributed by atoms with Gasteiger partial charge in [0, 0.05) is 49.2 Å². The van der Waals surface area contributed by atoms with E-state index in [9.17, 15) is 38.7 Å². The summed E-state index contributed by atoms with van der Waals surface area (Å²) in [5, 5.41) is 23.8. The summed E-state index contributed by atoms with van der Waals surface area (Å²) in [6.07, 6.45) is 0.627. The second kappa shape index (κ2) is 21.4. The summed E-state index contributed by atoms with van der Waals surface area (Å²) < 4.78 is 4.78. The van der Waals surface area contributed by atoms with Crippen LogP contribution in [-0.4, -0.2) is 102 Å². The molecule has 4 atom stereocenters. The highest BCUT2D eigenvalue weighted by Gasteiger charge is 2.36. The lowest BCUT2D eigenvalue weighted by Crippen LogP contribution is -2.59. The molecule has 17 heteroatoms. The number of nitrogens with two attached hydrogens (primary N) is 1. The van der Waals surface area contributed by atoms with Gasteiger partial charge in [-0.1, -0.05) is 66.7 Å². The first-order chi connectivity index (χ1) is 27.8. The molecule has 0 bridgehead atoms. The molecule has 1 aromatic heterocycles. The molecule has 0 unspecified atom stereocenters. The summed E-state index contributed by atoms with van der Waals surface area (Å²) >= 11 is 0. The number of carboxylic acids is 1. The van der Waals surface area contributed by atoms with Gasteiger partial charge in [0.15, 0.2) is 0 Å². The van der Waals surface area contributed by atoms with Crippen LogP contribution in [0.25, 0.3) is 10.9 Å². The van der Waals surface area contributed by atoms with Gasteiger partial charge in [0.2, 0.25) is 23.6 Å². The van der Waals surface area contributed by atoms with Crippen LogP contribution in [0.4, 0.5) is 15.3 Å². The number of ether oxygens (including phenoxy) is 1. The number of para-hydroxylation sites is 2. The van der Waals surface area contributed by atoms with Gasteiger partial charge in [0.05, 0.1) is 13.5 Å². The minimum atomic E-state index is -1.62. The molecule has 308 valence electrons. The number of likely N-dealkylation sites (N-methyl/N-ethyl adjacent to an activating group) is 1. The quantitative estimate of drug-likeness (QED) is 0.0611. The molecule has 0 saturated heterocycles. The number of carboxylic acid groups (broad SMARTS) is 1. The van der Waals surface area contributed by atoms with Crippen LogP contribution in [0.2, 0.25) is 0 Å². The molecule has 0 aliphatic rings. The molecule has 4 aromatic rings. The van der Waals surface area contributed by atoms with Crippen molar-refractivity contribution in [2.75, 3.05) is 26.0 Å². The van der Waals surface area contributed by atoms with E-state index in [0.717, 1.165) is 28.5 Å². The fourth-order valence-corrected chi connectivity index (χ4v) is 6.33. The van der Waals surface area contributed by atoms with Gasteiger partial charge in [-0.25, -0.2) is 9.59 Å². The maximum absolute atomic E-state index is 14.3. The highest BCUT2D eigenvalue weighted by Crippen LogP contribution is 2.20. The Morgan fingerprint density at radius 1 is 0.810 bits per heavy atom. The number of primary amides is 1. The van der Waals surface area contributed by atoms with Crippen LogP contribution in [0.5, 0.6) is 0 Å². The van der Waals surface area contributed by atoms with Gasteiger partial charge in [0.1, 0.15) is 24.2 Å². The molecule has 58 heavy (non-hydrogen) atoms. The van der Waals surface area contributed by atoms with Crippen LogP contribution in [-0.2, 0) is 41.6 Å². The number of hydrogen-bond donors (Lipinski definition) is 8. The summed E-state index contributed by atoms with van der Waals surface area (Å²) in [5.74, 6) is -4.80. The van der Waals surface area contributed by atoms with Gasteiger partial charge in [-0.2, -0.15) is 0 Å². The predicted octanol–water partition coefficient (Wildman–Crippen LogP) is 2.73. The molecule has 17 nitrogen and oxygen atoms in total. The Balaban J connectivity index is 1.54. The number of carbonyl (C=O) groups is 7. The van der Waals surface area contributed by atoms with Gasteiger partial charge in [-0.3, -0.25) is 24.0 Å². The molecule has 0 fully saturated rings. The van der Waals surface area contributed by atoms with Gasteiger partial charge in [-0.15, -0.1) is 0 Å². The molecule has 4 rings (SSSR count). The van der Waals surface area contributed by atoms with E-state index in [0.29, 0.717) is 23.2 Å². The Labute approximate surface area is 335 Å². The normalized spacial score (nSPS) is 12.9. The number of fused-ring (bicyclic) bond motifs is 1. The summed E-state index contributed by atoms with van der Waals surface area (Å²) in [5.41, 5.74) is 9.29. The van der Waals surface area contributed by atoms with E-state index in [1.165, 1.54) is 7.05 Å². The third-order valence-electron chi connectivity index (χ3n) is 9.53. The van der Waals surface area contributed by atoms with Gasteiger partial charge < -0.3 is 52.0 Å². The van der Waals surface area contributed by atoms with Crippen LogP contribution < -0.4 is 32.3 Å². The number of anilines is 1. The summed E-state index contributed by atoms with van der Waals surface area (Å²) in [4.78, 5) is 95.3. The fourth-order valence-electron chi connectivity index (χ4n) is 6.33. The Hall–Kier alpha value is -6.91. The lowest BCUT2D eigenvalue weighted by molar-refractivity contribution is -0.147. The molecule has 0 aliphatic heterocycles. The van der Waals surface area contributed by atoms with Crippen molar-refractivity contribution in [2.45, 2.75) is 69.6 Å². The molecule has 3 aromatic carbocycles. The van der Waals surface area contributed by atoms with E-state index in [2.05, 4.69) is 31.6 Å². The Morgan fingerprint density at radius 3 is 2.17 bits per heavy atom. The van der Waals surface area contributed by atoms with Crippen LogP contribution in [0, 0.1) is 6.92 Å². The van der Waals surface area contributed by atoms with Crippen LogP contribution in [0.15, 0.2) is 85.1 Å². The second-order valence-electron chi connectivity index (χ2n) is 13.7. The summed E-state index contributed by atoms with van der Waals surface area (Å²) in [7, 11) is 2.36. The molecular formula is C41H50N8O9. The van der Waals surface area contributed by atoms with E-state index in [4.69, 9.17) is 10.5 Å². The molecule has 7 amide bonds. The minimum absolute atomic E-state index is 0.00157. The highest BCUT2D eigenvalue weighted by molar-refractivity contribution is 5.97. The SMILES string of the molecule is COC(=O)N[C@@H](Cc1c[nH]c2ccccc12)C(=O)N[C@@H](CCCCNC(=O)Nc1ccccc1C)C(=O)N(C)[C@@H](CC(=O)O)C(=O)N[C@@H](Cc1ccccc1)C(N)=O. The van der Waals surface area contributed by atoms with Crippen molar-refractivity contribution in [2.24, 2.45) is 5.73 Å². The summed E-state index contributed by atoms with van der Waals surface area (Å²) in [6, 6.07) is 17.5. The van der Waals surface area contributed by atoms with Crippen LogP contribution in [0.3, 0.4) is 0 Å². The van der Waals surface area contributed by atoms with Crippen molar-refractivity contribution in [1.29, 1.82) is 0 Å². The zero-order valence-electron chi connectivity index (χ0n) is 32.6. The van der Waals surface area contributed by atoms with E-state index in [1.54, 1.807) is 48.7 Å². The van der Waals surface area contributed by atoms with Gasteiger partial charge >= 0.3 is 18.1 Å². The number of methoxy groups -OCH3 is 1. The first kappa shape index (κ1) is 43.8. The van der Waals surface area contributed by atoms with Gasteiger partial charge in [0.25, 0.3) is 0 Å². The number of carbonyl (C=O) groups excluding carboxylic acids is 6. The number of hydrogen-bond acceptors (Lipinski definition) is 8. The number of urea groups is 1. The average Bonchev–Trinajstić information content (AvgIpc) is 3.61. The number of aryl methyl sites for hydroxylation is 1. The number of unbranched alkanes of at least 4 members (excludes halogenated alkanes) is 1. The number of amides is 7. The first-order valence-electron chi connectivity index (χ1n) is 18.7. The second-order valence-corrected chi connectivity index (χ2v) is 13.7. The first-order valence-corrected chi connectivity index (χ1v) is 18.7. The number of aliphatic carboxylic acids is 1. The van der Waals surface area contributed by atoms with Crippen molar-refractivity contribution in [3.05, 3.63) is 102 Å². The molecule has 0 saturated carbocycles. The third-order valence-corrected chi connectivity index (χ3v) is 9.53. The Bertz CT molecular complexity index is 2070. The Morgan fingerprint density at radius 2 is 1.48 bits per heavy atom. The lowest BCUT2D eigenvalue weighted by atomic mass is 10.0. The van der Waals surface area contributed by atoms with Crippen molar-refractivity contribution in [1.82, 2.24) is 31.2 Å². The number of H-pyrrole nitrogens is 1. The molecule has 1 heterocycles. The van der Waals surface area contributed by atoms with Crippen molar-refractivity contribution < 1.29 is 43.4 Å². The molecule has 0 aliphatic carbocycles. The zero-order chi connectivity index (χ0) is 42.2. The minimum Gasteiger partial charge on any atom is -0.481 e. The maximum atomic E-state index is 14.3. The average molecular weight is 799 g/mol. The largest absolute Gasteiger partial charge is 0.481 e. The van der Waals surface area contributed by atoms with E-state index < -0.39 is 72.3 Å².